The molecule has 0 unspecified atom stereocenters. The summed E-state index contributed by atoms with van der Waals surface area (Å²) in [5, 5.41) is 4.42. The van der Waals surface area contributed by atoms with Crippen molar-refractivity contribution in [3.63, 3.8) is 0 Å². The van der Waals surface area contributed by atoms with Crippen molar-refractivity contribution in [3.05, 3.63) is 82.9 Å². The van der Waals surface area contributed by atoms with Crippen LogP contribution in [0.2, 0.25) is 0 Å². The molecule has 3 aromatic rings. The zero-order valence-corrected chi connectivity index (χ0v) is 21.3. The third-order valence-corrected chi connectivity index (χ3v) is 7.77. The molecule has 0 radical (unpaired) electrons. The number of methoxy groups -OCH3 is 1. The van der Waals surface area contributed by atoms with Crippen LogP contribution in [-0.4, -0.2) is 38.7 Å². The van der Waals surface area contributed by atoms with E-state index in [1.165, 1.54) is 31.9 Å². The van der Waals surface area contributed by atoms with E-state index in [1.54, 1.807) is 0 Å². The average molecular weight is 489 g/mol. The Morgan fingerprint density at radius 2 is 1.83 bits per heavy atom. The van der Waals surface area contributed by atoms with Gasteiger partial charge in [0.25, 0.3) is 0 Å². The lowest BCUT2D eigenvalue weighted by Crippen LogP contribution is -2.40. The lowest BCUT2D eigenvalue weighted by molar-refractivity contribution is 0.0600. The van der Waals surface area contributed by atoms with E-state index in [2.05, 4.69) is 40.8 Å². The molecule has 1 aromatic carbocycles. The first-order chi connectivity index (χ1) is 17.0. The molecule has 0 spiro atoms. The summed E-state index contributed by atoms with van der Waals surface area (Å²) < 4.78 is 7.24. The van der Waals surface area contributed by atoms with E-state index in [-0.39, 0.29) is 18.1 Å². The summed E-state index contributed by atoms with van der Waals surface area (Å²) in [6, 6.07) is 16.3. The maximum Gasteiger partial charge on any atom is 0.339 e. The van der Waals surface area contributed by atoms with Crippen molar-refractivity contribution in [2.75, 3.05) is 7.11 Å². The van der Waals surface area contributed by atoms with Gasteiger partial charge in [-0.2, -0.15) is 0 Å². The second kappa shape index (κ2) is 9.82. The van der Waals surface area contributed by atoms with Crippen LogP contribution in [0.3, 0.4) is 0 Å². The average Bonchev–Trinajstić information content (AvgIpc) is 3.39. The standard InChI is InChI=1S/C28H32N4O2S/c1-18-17-22(19(2)31(18)24-15-8-7-13-21(24)27(33)34-3)26-25(23-14-9-10-16-29-23)30-28(35)32(26)20-11-5-4-6-12-20/h7-10,13-17,20,25-26H,4-6,11-12H2,1-3H3,(H,30,35)/t25-,26+/m0/s1. The van der Waals surface area contributed by atoms with Crippen LogP contribution >= 0.6 is 12.2 Å². The highest BCUT2D eigenvalue weighted by atomic mass is 32.1. The molecular formula is C28H32N4O2S. The second-order valence-corrected chi connectivity index (χ2v) is 9.88. The molecule has 5 rings (SSSR count). The summed E-state index contributed by atoms with van der Waals surface area (Å²) in [5.41, 5.74) is 5.72. The Morgan fingerprint density at radius 3 is 2.54 bits per heavy atom. The molecule has 6 nitrogen and oxygen atoms in total. The zero-order chi connectivity index (χ0) is 24.5. The number of para-hydroxylation sites is 1. The number of ether oxygens (including phenoxy) is 1. The van der Waals surface area contributed by atoms with Crippen LogP contribution < -0.4 is 5.32 Å². The zero-order valence-electron chi connectivity index (χ0n) is 20.5. The predicted octanol–water partition coefficient (Wildman–Crippen LogP) is 5.58. The van der Waals surface area contributed by atoms with Crippen molar-refractivity contribution in [3.8, 4) is 5.69 Å². The van der Waals surface area contributed by atoms with Crippen molar-refractivity contribution >= 4 is 23.3 Å². The maximum atomic E-state index is 12.6. The number of carbonyl (C=O) groups is 1. The minimum atomic E-state index is -0.339. The number of hydrogen-bond acceptors (Lipinski definition) is 4. The normalized spacial score (nSPS) is 20.7. The highest BCUT2D eigenvalue weighted by Gasteiger charge is 2.44. The van der Waals surface area contributed by atoms with E-state index in [1.807, 2.05) is 42.6 Å². The summed E-state index contributed by atoms with van der Waals surface area (Å²) in [6.45, 7) is 4.22. The van der Waals surface area contributed by atoms with Gasteiger partial charge in [-0.05, 0) is 74.8 Å². The molecule has 1 aliphatic heterocycles. The molecule has 1 saturated carbocycles. The van der Waals surface area contributed by atoms with Gasteiger partial charge in [0.2, 0.25) is 0 Å². The lowest BCUT2D eigenvalue weighted by Gasteiger charge is -2.37. The number of aromatic nitrogens is 2. The monoisotopic (exact) mass is 488 g/mol. The van der Waals surface area contributed by atoms with Crippen LogP contribution in [-0.2, 0) is 4.74 Å². The fraction of sp³-hybridized carbons (Fsp3) is 0.393. The van der Waals surface area contributed by atoms with Crippen LogP contribution in [0.15, 0.2) is 54.7 Å². The Bertz CT molecular complexity index is 1230. The SMILES string of the molecule is COC(=O)c1ccccc1-n1c(C)cc([C@@H]2[C@H](c3ccccn3)NC(=S)N2C2CCCCC2)c1C. The number of pyridine rings is 1. The number of benzene rings is 1. The van der Waals surface area contributed by atoms with Crippen LogP contribution in [0.25, 0.3) is 5.69 Å². The number of nitrogens with one attached hydrogen (secondary N) is 1. The van der Waals surface area contributed by atoms with E-state index >= 15 is 0 Å². The van der Waals surface area contributed by atoms with Crippen LogP contribution in [0, 0.1) is 13.8 Å². The molecule has 2 aromatic heterocycles. The van der Waals surface area contributed by atoms with Gasteiger partial charge in [0.15, 0.2) is 5.11 Å². The number of hydrogen-bond donors (Lipinski definition) is 1. The van der Waals surface area contributed by atoms with E-state index in [4.69, 9.17) is 21.9 Å². The quantitative estimate of drug-likeness (QED) is 0.374. The van der Waals surface area contributed by atoms with Crippen LogP contribution in [0.1, 0.15) is 77.2 Å². The van der Waals surface area contributed by atoms with Gasteiger partial charge in [0.1, 0.15) is 0 Å². The Morgan fingerprint density at radius 1 is 1.09 bits per heavy atom. The van der Waals surface area contributed by atoms with Gasteiger partial charge in [-0.1, -0.05) is 37.5 Å². The summed E-state index contributed by atoms with van der Waals surface area (Å²) in [5.74, 6) is -0.339. The van der Waals surface area contributed by atoms with Gasteiger partial charge in [-0.15, -0.1) is 0 Å². The Labute approximate surface area is 212 Å². The lowest BCUT2D eigenvalue weighted by atomic mass is 9.90. The number of rotatable bonds is 5. The van der Waals surface area contributed by atoms with Gasteiger partial charge < -0.3 is 19.5 Å². The van der Waals surface area contributed by atoms with Crippen molar-refractivity contribution in [2.24, 2.45) is 0 Å². The van der Waals surface area contributed by atoms with Gasteiger partial charge in [-0.3, -0.25) is 4.98 Å². The van der Waals surface area contributed by atoms with E-state index < -0.39 is 0 Å². The molecule has 182 valence electrons. The number of thiocarbonyl (C=S) groups is 1. The summed E-state index contributed by atoms with van der Waals surface area (Å²) >= 11 is 5.94. The molecule has 35 heavy (non-hydrogen) atoms. The molecule has 1 N–H and O–H groups in total. The molecule has 2 fully saturated rings. The molecule has 1 aliphatic carbocycles. The van der Waals surface area contributed by atoms with E-state index in [0.29, 0.717) is 11.6 Å². The van der Waals surface area contributed by atoms with Crippen molar-refractivity contribution in [1.29, 1.82) is 0 Å². The van der Waals surface area contributed by atoms with Crippen molar-refractivity contribution in [1.82, 2.24) is 19.8 Å². The largest absolute Gasteiger partial charge is 0.465 e. The molecule has 7 heteroatoms. The van der Waals surface area contributed by atoms with E-state index in [9.17, 15) is 4.79 Å². The molecule has 2 atom stereocenters. The predicted molar refractivity (Wildman–Crippen MR) is 141 cm³/mol. The first-order valence-electron chi connectivity index (χ1n) is 12.4. The van der Waals surface area contributed by atoms with Crippen LogP contribution in [0.4, 0.5) is 0 Å². The number of aryl methyl sites for hydroxylation is 1. The summed E-state index contributed by atoms with van der Waals surface area (Å²) in [6.07, 6.45) is 7.90. The third kappa shape index (κ3) is 4.22. The number of esters is 1. The van der Waals surface area contributed by atoms with Gasteiger partial charge >= 0.3 is 5.97 Å². The highest BCUT2D eigenvalue weighted by Crippen LogP contribution is 2.44. The van der Waals surface area contributed by atoms with Gasteiger partial charge in [0, 0.05) is 23.6 Å². The Balaban J connectivity index is 1.65. The van der Waals surface area contributed by atoms with Crippen molar-refractivity contribution in [2.45, 2.75) is 64.1 Å². The molecule has 0 bridgehead atoms. The Kier molecular flexibility index (Phi) is 6.60. The smallest absolute Gasteiger partial charge is 0.339 e. The van der Waals surface area contributed by atoms with Crippen molar-refractivity contribution < 1.29 is 9.53 Å². The minimum Gasteiger partial charge on any atom is -0.465 e. The second-order valence-electron chi connectivity index (χ2n) is 9.50. The van der Waals surface area contributed by atoms with Gasteiger partial charge in [0.05, 0.1) is 36.1 Å². The van der Waals surface area contributed by atoms with Gasteiger partial charge in [-0.25, -0.2) is 4.79 Å². The number of nitrogens with zero attached hydrogens (tertiary/aromatic N) is 3. The van der Waals surface area contributed by atoms with E-state index in [0.717, 1.165) is 40.7 Å². The maximum absolute atomic E-state index is 12.6. The molecule has 3 heterocycles. The molecule has 0 amide bonds. The Hall–Kier alpha value is -3.19. The fourth-order valence-electron chi connectivity index (χ4n) is 5.86. The third-order valence-electron chi connectivity index (χ3n) is 7.44. The first-order valence-corrected chi connectivity index (χ1v) is 12.8. The first kappa shape index (κ1) is 23.5. The molecule has 2 aliphatic rings. The number of carbonyl (C=O) groups excluding carboxylic acids is 1. The minimum absolute atomic E-state index is 0.0192. The summed E-state index contributed by atoms with van der Waals surface area (Å²) in [7, 11) is 1.42. The fourth-order valence-corrected chi connectivity index (χ4v) is 6.25. The highest BCUT2D eigenvalue weighted by molar-refractivity contribution is 7.80. The topological polar surface area (TPSA) is 59.4 Å². The molecular weight excluding hydrogens is 456 g/mol. The molecule has 1 saturated heterocycles. The van der Waals surface area contributed by atoms with Crippen LogP contribution in [0.5, 0.6) is 0 Å². The summed E-state index contributed by atoms with van der Waals surface area (Å²) in [4.78, 5) is 19.7.